The molecule has 1 amide bonds. The number of rotatable bonds is 4. The largest absolute Gasteiger partial charge is 0.496 e. The zero-order chi connectivity index (χ0) is 19.7. The Morgan fingerprint density at radius 2 is 1.86 bits per heavy atom. The molecule has 1 N–H and O–H groups in total. The SMILES string of the molecule is COc1ccc(Br)cc1C(=O)Nc1ccc(-c2nc3cc(C)ccc3o2)cc1. The number of nitrogens with one attached hydrogen (secondary N) is 1. The van der Waals surface area contributed by atoms with Gasteiger partial charge in [-0.05, 0) is 67.1 Å². The molecule has 1 aromatic heterocycles. The van der Waals surface area contributed by atoms with Crippen molar-refractivity contribution in [3.63, 3.8) is 0 Å². The lowest BCUT2D eigenvalue weighted by Gasteiger charge is -2.10. The van der Waals surface area contributed by atoms with Gasteiger partial charge in [0, 0.05) is 15.7 Å². The van der Waals surface area contributed by atoms with E-state index in [1.807, 2.05) is 55.5 Å². The van der Waals surface area contributed by atoms with Crippen molar-refractivity contribution in [1.29, 1.82) is 0 Å². The van der Waals surface area contributed by atoms with Crippen molar-refractivity contribution < 1.29 is 13.9 Å². The molecule has 0 bridgehead atoms. The van der Waals surface area contributed by atoms with Crippen molar-refractivity contribution in [2.75, 3.05) is 12.4 Å². The van der Waals surface area contributed by atoms with E-state index < -0.39 is 0 Å². The lowest BCUT2D eigenvalue weighted by atomic mass is 10.1. The Morgan fingerprint density at radius 3 is 2.61 bits per heavy atom. The van der Waals surface area contributed by atoms with Gasteiger partial charge in [-0.3, -0.25) is 4.79 Å². The van der Waals surface area contributed by atoms with Crippen LogP contribution < -0.4 is 10.1 Å². The highest BCUT2D eigenvalue weighted by Gasteiger charge is 2.14. The highest BCUT2D eigenvalue weighted by molar-refractivity contribution is 9.10. The molecule has 0 saturated heterocycles. The van der Waals surface area contributed by atoms with E-state index in [9.17, 15) is 4.79 Å². The minimum Gasteiger partial charge on any atom is -0.496 e. The number of methoxy groups -OCH3 is 1. The number of fused-ring (bicyclic) bond motifs is 1. The fraction of sp³-hybridized carbons (Fsp3) is 0.0909. The molecule has 6 heteroatoms. The molecule has 4 rings (SSSR count). The Labute approximate surface area is 170 Å². The van der Waals surface area contributed by atoms with Gasteiger partial charge < -0.3 is 14.5 Å². The molecule has 5 nitrogen and oxygen atoms in total. The van der Waals surface area contributed by atoms with Crippen LogP contribution in [0.3, 0.4) is 0 Å². The zero-order valence-electron chi connectivity index (χ0n) is 15.3. The highest BCUT2D eigenvalue weighted by Crippen LogP contribution is 2.27. The van der Waals surface area contributed by atoms with Gasteiger partial charge >= 0.3 is 0 Å². The van der Waals surface area contributed by atoms with Crippen LogP contribution in [0.2, 0.25) is 0 Å². The molecule has 0 atom stereocenters. The number of amides is 1. The first kappa shape index (κ1) is 18.3. The number of carbonyl (C=O) groups excluding carboxylic acids is 1. The molecule has 0 radical (unpaired) electrons. The van der Waals surface area contributed by atoms with E-state index in [1.165, 1.54) is 7.11 Å². The normalized spacial score (nSPS) is 10.8. The van der Waals surface area contributed by atoms with Crippen molar-refractivity contribution in [2.45, 2.75) is 6.92 Å². The van der Waals surface area contributed by atoms with Gasteiger partial charge in [-0.1, -0.05) is 22.0 Å². The average Bonchev–Trinajstić information content (AvgIpc) is 3.11. The van der Waals surface area contributed by atoms with Gasteiger partial charge in [0.15, 0.2) is 5.58 Å². The fourth-order valence-corrected chi connectivity index (χ4v) is 3.27. The van der Waals surface area contributed by atoms with Gasteiger partial charge in [0.2, 0.25) is 5.89 Å². The van der Waals surface area contributed by atoms with E-state index in [0.29, 0.717) is 22.9 Å². The molecule has 1 heterocycles. The molecular weight excluding hydrogens is 420 g/mol. The number of aromatic nitrogens is 1. The maximum absolute atomic E-state index is 12.6. The van der Waals surface area contributed by atoms with E-state index in [2.05, 4.69) is 26.2 Å². The summed E-state index contributed by atoms with van der Waals surface area (Å²) in [6.45, 7) is 2.02. The van der Waals surface area contributed by atoms with Gasteiger partial charge in [-0.15, -0.1) is 0 Å². The summed E-state index contributed by atoms with van der Waals surface area (Å²) in [5.74, 6) is 0.814. The second-order valence-corrected chi connectivity index (χ2v) is 7.28. The monoisotopic (exact) mass is 436 g/mol. The van der Waals surface area contributed by atoms with Gasteiger partial charge in [-0.25, -0.2) is 4.98 Å². The van der Waals surface area contributed by atoms with E-state index in [0.717, 1.165) is 26.7 Å². The molecule has 0 aliphatic heterocycles. The number of hydrogen-bond donors (Lipinski definition) is 1. The summed E-state index contributed by atoms with van der Waals surface area (Å²) < 4.78 is 11.9. The highest BCUT2D eigenvalue weighted by atomic mass is 79.9. The number of oxazole rings is 1. The minimum atomic E-state index is -0.247. The molecule has 4 aromatic rings. The van der Waals surface area contributed by atoms with Crippen molar-refractivity contribution in [1.82, 2.24) is 4.98 Å². The predicted octanol–water partition coefficient (Wildman–Crippen LogP) is 5.83. The standard InChI is InChI=1S/C22H17BrN2O3/c1-13-3-9-20-18(11-13)25-22(28-20)14-4-7-16(8-5-14)24-21(26)17-12-15(23)6-10-19(17)27-2/h3-12H,1-2H3,(H,24,26). The number of halogens is 1. The number of nitrogens with zero attached hydrogens (tertiary/aromatic N) is 1. The second kappa shape index (κ2) is 7.48. The summed E-state index contributed by atoms with van der Waals surface area (Å²) in [6, 6.07) is 18.6. The first-order valence-corrected chi connectivity index (χ1v) is 9.45. The van der Waals surface area contributed by atoms with Crippen LogP contribution in [-0.2, 0) is 0 Å². The predicted molar refractivity (Wildman–Crippen MR) is 113 cm³/mol. The minimum absolute atomic E-state index is 0.247. The Morgan fingerprint density at radius 1 is 1.07 bits per heavy atom. The van der Waals surface area contributed by atoms with E-state index in [4.69, 9.17) is 9.15 Å². The summed E-state index contributed by atoms with van der Waals surface area (Å²) in [5.41, 5.74) is 4.67. The lowest BCUT2D eigenvalue weighted by molar-refractivity contribution is 0.102. The molecule has 0 fully saturated rings. The number of hydrogen-bond acceptors (Lipinski definition) is 4. The summed E-state index contributed by atoms with van der Waals surface area (Å²) in [7, 11) is 1.54. The van der Waals surface area contributed by atoms with Crippen LogP contribution in [-0.4, -0.2) is 18.0 Å². The number of aryl methyl sites for hydroxylation is 1. The third-order valence-corrected chi connectivity index (χ3v) is 4.83. The molecule has 0 saturated carbocycles. The third kappa shape index (κ3) is 3.64. The van der Waals surface area contributed by atoms with Crippen molar-refractivity contribution in [2.24, 2.45) is 0 Å². The third-order valence-electron chi connectivity index (χ3n) is 4.34. The first-order valence-electron chi connectivity index (χ1n) is 8.66. The molecule has 28 heavy (non-hydrogen) atoms. The van der Waals surface area contributed by atoms with Crippen LogP contribution in [0.25, 0.3) is 22.6 Å². The molecule has 140 valence electrons. The summed E-state index contributed by atoms with van der Waals surface area (Å²) in [6.07, 6.45) is 0. The lowest BCUT2D eigenvalue weighted by Crippen LogP contribution is -2.13. The van der Waals surface area contributed by atoms with E-state index >= 15 is 0 Å². The van der Waals surface area contributed by atoms with Crippen molar-refractivity contribution in [3.8, 4) is 17.2 Å². The van der Waals surface area contributed by atoms with Crippen molar-refractivity contribution in [3.05, 3.63) is 76.3 Å². The van der Waals surface area contributed by atoms with Crippen LogP contribution in [0, 0.1) is 6.92 Å². The molecule has 3 aromatic carbocycles. The Bertz CT molecular complexity index is 1170. The van der Waals surface area contributed by atoms with Crippen LogP contribution in [0.1, 0.15) is 15.9 Å². The van der Waals surface area contributed by atoms with Gasteiger partial charge in [0.25, 0.3) is 5.91 Å². The molecule has 0 aliphatic rings. The average molecular weight is 437 g/mol. The topological polar surface area (TPSA) is 64.4 Å². The maximum atomic E-state index is 12.6. The maximum Gasteiger partial charge on any atom is 0.259 e. The van der Waals surface area contributed by atoms with Crippen molar-refractivity contribution >= 4 is 38.6 Å². The number of anilines is 1. The first-order chi connectivity index (χ1) is 13.5. The molecule has 0 unspecified atom stereocenters. The molecular formula is C22H17BrN2O3. The zero-order valence-corrected chi connectivity index (χ0v) is 16.9. The Balaban J connectivity index is 1.56. The van der Waals surface area contributed by atoms with Crippen LogP contribution in [0.15, 0.2) is 69.6 Å². The fourth-order valence-electron chi connectivity index (χ4n) is 2.91. The quantitative estimate of drug-likeness (QED) is 0.437. The Hall–Kier alpha value is -3.12. The Kier molecular flexibility index (Phi) is 4.88. The van der Waals surface area contributed by atoms with Gasteiger partial charge in [0.1, 0.15) is 11.3 Å². The number of carbonyl (C=O) groups is 1. The molecule has 0 aliphatic carbocycles. The number of ether oxygens (including phenoxy) is 1. The van der Waals surface area contributed by atoms with Crippen LogP contribution >= 0.6 is 15.9 Å². The van der Waals surface area contributed by atoms with Gasteiger partial charge in [0.05, 0.1) is 12.7 Å². The summed E-state index contributed by atoms with van der Waals surface area (Å²) in [5, 5.41) is 2.88. The van der Waals surface area contributed by atoms with E-state index in [-0.39, 0.29) is 5.91 Å². The number of benzene rings is 3. The summed E-state index contributed by atoms with van der Waals surface area (Å²) in [4.78, 5) is 17.1. The molecule has 0 spiro atoms. The van der Waals surface area contributed by atoms with Gasteiger partial charge in [-0.2, -0.15) is 0 Å². The van der Waals surface area contributed by atoms with E-state index in [1.54, 1.807) is 12.1 Å². The smallest absolute Gasteiger partial charge is 0.259 e. The van der Waals surface area contributed by atoms with Crippen LogP contribution in [0.5, 0.6) is 5.75 Å². The second-order valence-electron chi connectivity index (χ2n) is 6.37. The van der Waals surface area contributed by atoms with Crippen LogP contribution in [0.4, 0.5) is 5.69 Å². The summed E-state index contributed by atoms with van der Waals surface area (Å²) >= 11 is 3.38.